The molecular formula is C18H21NS. The fourth-order valence-corrected chi connectivity index (χ4v) is 3.26. The molecule has 1 unspecified atom stereocenters. The number of hydrogen-bond acceptors (Lipinski definition) is 2. The van der Waals surface area contributed by atoms with Crippen molar-refractivity contribution >= 4 is 17.5 Å². The van der Waals surface area contributed by atoms with Gasteiger partial charge in [-0.2, -0.15) is 0 Å². The lowest BCUT2D eigenvalue weighted by Gasteiger charge is -2.08. The Morgan fingerprint density at radius 1 is 1.40 bits per heavy atom. The van der Waals surface area contributed by atoms with Gasteiger partial charge in [-0.15, -0.1) is 0 Å². The van der Waals surface area contributed by atoms with E-state index in [0.29, 0.717) is 5.92 Å². The number of rotatable bonds is 2. The van der Waals surface area contributed by atoms with Gasteiger partial charge in [0.25, 0.3) is 0 Å². The molecule has 0 bridgehead atoms. The van der Waals surface area contributed by atoms with Crippen molar-refractivity contribution in [3.05, 3.63) is 70.2 Å². The largest absolute Gasteiger partial charge is 0.256 e. The fourth-order valence-electron chi connectivity index (χ4n) is 2.16. The third-order valence-electron chi connectivity index (χ3n) is 3.20. The quantitative estimate of drug-likeness (QED) is 0.603. The normalized spacial score (nSPS) is 30.1. The Kier molecular flexibility index (Phi) is 5.02. The zero-order valence-electron chi connectivity index (χ0n) is 12.4. The Labute approximate surface area is 126 Å². The molecule has 1 heterocycles. The molecule has 0 spiro atoms. The average Bonchev–Trinajstić information content (AvgIpc) is 2.78. The van der Waals surface area contributed by atoms with E-state index in [4.69, 9.17) is 0 Å². The van der Waals surface area contributed by atoms with E-state index < -0.39 is 0 Å². The van der Waals surface area contributed by atoms with Gasteiger partial charge in [-0.3, -0.25) is 4.99 Å². The van der Waals surface area contributed by atoms with Gasteiger partial charge in [0.15, 0.2) is 0 Å². The summed E-state index contributed by atoms with van der Waals surface area (Å²) >= 11 is 1.82. The van der Waals surface area contributed by atoms with Crippen molar-refractivity contribution in [2.24, 2.45) is 10.9 Å². The first kappa shape index (κ1) is 14.9. The minimum absolute atomic E-state index is 0.518. The molecule has 0 fully saturated rings. The molecule has 0 saturated heterocycles. The van der Waals surface area contributed by atoms with Gasteiger partial charge in [-0.05, 0) is 37.8 Å². The molecule has 2 rings (SSSR count). The van der Waals surface area contributed by atoms with Crippen molar-refractivity contribution in [3.63, 3.8) is 0 Å². The topological polar surface area (TPSA) is 12.4 Å². The number of aliphatic imine (C=N–C) groups is 1. The highest BCUT2D eigenvalue weighted by Crippen LogP contribution is 2.41. The molecule has 0 aromatic carbocycles. The van der Waals surface area contributed by atoms with E-state index in [1.807, 2.05) is 11.8 Å². The second-order valence-corrected chi connectivity index (χ2v) is 6.26. The third-order valence-corrected chi connectivity index (χ3v) is 4.62. The summed E-state index contributed by atoms with van der Waals surface area (Å²) in [5.41, 5.74) is 3.68. The summed E-state index contributed by atoms with van der Waals surface area (Å²) in [4.78, 5) is 6.94. The van der Waals surface area contributed by atoms with Gasteiger partial charge >= 0.3 is 0 Å². The van der Waals surface area contributed by atoms with Crippen molar-refractivity contribution in [1.29, 1.82) is 0 Å². The Bertz CT molecular complexity index is 579. The van der Waals surface area contributed by atoms with E-state index in [-0.39, 0.29) is 0 Å². The predicted octanol–water partition coefficient (Wildman–Crippen LogP) is 5.57. The molecule has 2 heteroatoms. The zero-order chi connectivity index (χ0) is 14.5. The predicted molar refractivity (Wildman–Crippen MR) is 91.8 cm³/mol. The maximum Gasteiger partial charge on any atom is 0.0779 e. The maximum atomic E-state index is 4.39. The fraction of sp³-hybridized carbons (Fsp3) is 0.278. The Morgan fingerprint density at radius 2 is 2.20 bits per heavy atom. The smallest absolute Gasteiger partial charge is 0.0779 e. The van der Waals surface area contributed by atoms with Crippen molar-refractivity contribution in [2.75, 3.05) is 0 Å². The minimum atomic E-state index is 0.518. The van der Waals surface area contributed by atoms with Crippen molar-refractivity contribution in [2.45, 2.75) is 27.2 Å². The molecule has 0 amide bonds. The summed E-state index contributed by atoms with van der Waals surface area (Å²) in [7, 11) is 0. The van der Waals surface area contributed by atoms with Crippen molar-refractivity contribution in [3.8, 4) is 0 Å². The van der Waals surface area contributed by atoms with Crippen LogP contribution in [0.1, 0.15) is 27.2 Å². The zero-order valence-corrected chi connectivity index (χ0v) is 13.2. The highest BCUT2D eigenvalue weighted by atomic mass is 32.2. The van der Waals surface area contributed by atoms with Crippen LogP contribution in [0.15, 0.2) is 75.2 Å². The molecule has 0 aromatic heterocycles. The van der Waals surface area contributed by atoms with Crippen LogP contribution in [-0.4, -0.2) is 5.71 Å². The van der Waals surface area contributed by atoms with Crippen LogP contribution >= 0.6 is 11.8 Å². The van der Waals surface area contributed by atoms with Gasteiger partial charge in [-0.25, -0.2) is 0 Å². The summed E-state index contributed by atoms with van der Waals surface area (Å²) in [6, 6.07) is 0. The number of nitrogens with zero attached hydrogens (tertiary/aromatic N) is 1. The van der Waals surface area contributed by atoms with Crippen molar-refractivity contribution in [1.82, 2.24) is 0 Å². The lowest BCUT2D eigenvalue weighted by molar-refractivity contribution is 0.928. The highest BCUT2D eigenvalue weighted by Gasteiger charge is 2.20. The Balaban J connectivity index is 2.33. The molecule has 0 aromatic rings. The maximum absolute atomic E-state index is 4.39. The summed E-state index contributed by atoms with van der Waals surface area (Å²) < 4.78 is 0. The standard InChI is InChI=1S/C18H21NS/c1-5-19-16-12-17(20-18(16)13(2)3)15-10-6-8-14(4)9-7-11-15/h5-10,12,14H,1,11H2,2-4H3/b8-6-,9-7-,15-10+,19-16-. The van der Waals surface area contributed by atoms with E-state index in [1.165, 1.54) is 21.0 Å². The Hall–Kier alpha value is -1.54. The van der Waals surface area contributed by atoms with Crippen LogP contribution in [0.5, 0.6) is 0 Å². The van der Waals surface area contributed by atoms with Gasteiger partial charge in [0.1, 0.15) is 0 Å². The van der Waals surface area contributed by atoms with Gasteiger partial charge in [0.2, 0.25) is 0 Å². The molecule has 104 valence electrons. The van der Waals surface area contributed by atoms with Crippen LogP contribution in [0.4, 0.5) is 0 Å². The first-order valence-corrected chi connectivity index (χ1v) is 7.74. The molecule has 0 saturated carbocycles. The van der Waals surface area contributed by atoms with E-state index in [9.17, 15) is 0 Å². The van der Waals surface area contributed by atoms with Crippen LogP contribution in [0.3, 0.4) is 0 Å². The van der Waals surface area contributed by atoms with E-state index >= 15 is 0 Å². The molecule has 1 atom stereocenters. The number of allylic oxidation sites excluding steroid dienone is 9. The molecule has 1 aliphatic carbocycles. The highest BCUT2D eigenvalue weighted by molar-refractivity contribution is 8.08. The first-order chi connectivity index (χ1) is 9.61. The SMILES string of the molecule is C=C/N=C1C=C(/C2=C/C=C\C(C)/C=C\C2)SC/1=C(C)C. The van der Waals surface area contributed by atoms with Gasteiger partial charge in [-0.1, -0.05) is 61.2 Å². The molecule has 1 nitrogen and oxygen atoms in total. The minimum Gasteiger partial charge on any atom is -0.256 e. The lowest BCUT2D eigenvalue weighted by Crippen LogP contribution is -1.91. The third kappa shape index (κ3) is 3.51. The monoisotopic (exact) mass is 283 g/mol. The second kappa shape index (κ2) is 6.76. The van der Waals surface area contributed by atoms with Gasteiger partial charge in [0.05, 0.1) is 5.71 Å². The van der Waals surface area contributed by atoms with E-state index in [1.54, 1.807) is 6.20 Å². The number of thioether (sulfide) groups is 1. The summed E-state index contributed by atoms with van der Waals surface area (Å²) in [5.74, 6) is 0.518. The van der Waals surface area contributed by atoms with Crippen LogP contribution < -0.4 is 0 Å². The van der Waals surface area contributed by atoms with Crippen LogP contribution in [0, 0.1) is 5.92 Å². The number of hydrogen-bond donors (Lipinski definition) is 0. The van der Waals surface area contributed by atoms with Crippen LogP contribution in [0.2, 0.25) is 0 Å². The van der Waals surface area contributed by atoms with Gasteiger partial charge in [0, 0.05) is 16.0 Å². The van der Waals surface area contributed by atoms with Crippen LogP contribution in [-0.2, 0) is 0 Å². The van der Waals surface area contributed by atoms with Crippen LogP contribution in [0.25, 0.3) is 0 Å². The van der Waals surface area contributed by atoms with E-state index in [2.05, 4.69) is 68.8 Å². The molecule has 0 radical (unpaired) electrons. The summed E-state index contributed by atoms with van der Waals surface area (Å²) in [6.07, 6.45) is 15.9. The van der Waals surface area contributed by atoms with Gasteiger partial charge < -0.3 is 0 Å². The molecule has 20 heavy (non-hydrogen) atoms. The Morgan fingerprint density at radius 3 is 2.90 bits per heavy atom. The molecular weight excluding hydrogens is 262 g/mol. The molecule has 0 N–H and O–H groups in total. The summed E-state index contributed by atoms with van der Waals surface area (Å²) in [6.45, 7) is 10.2. The summed E-state index contributed by atoms with van der Waals surface area (Å²) in [5, 5.41) is 0. The van der Waals surface area contributed by atoms with E-state index in [0.717, 1.165) is 12.1 Å². The first-order valence-electron chi connectivity index (χ1n) is 6.92. The average molecular weight is 283 g/mol. The lowest BCUT2D eigenvalue weighted by atomic mass is 10.0. The molecule has 2 aliphatic rings. The second-order valence-electron chi connectivity index (χ2n) is 5.20. The van der Waals surface area contributed by atoms with Crippen molar-refractivity contribution < 1.29 is 0 Å². The molecule has 1 aliphatic heterocycles.